The molecule has 1 heterocycles. The quantitative estimate of drug-likeness (QED) is 0.454. The van der Waals surface area contributed by atoms with Crippen LogP contribution >= 0.6 is 0 Å². The average molecular weight is 495 g/mol. The van der Waals surface area contributed by atoms with Crippen LogP contribution in [-0.4, -0.2) is 25.7 Å². The minimum absolute atomic E-state index is 0.0859. The van der Waals surface area contributed by atoms with Crippen molar-refractivity contribution in [3.05, 3.63) is 106 Å². The Balaban J connectivity index is 1.69. The topological polar surface area (TPSA) is 133 Å². The summed E-state index contributed by atoms with van der Waals surface area (Å²) in [5.41, 5.74) is 2.31. The van der Waals surface area contributed by atoms with Gasteiger partial charge in [0.2, 0.25) is 0 Å². The molecule has 0 saturated carbocycles. The van der Waals surface area contributed by atoms with Gasteiger partial charge in [0.05, 0.1) is 47.7 Å². The Labute approximate surface area is 213 Å². The molecule has 9 nitrogen and oxygen atoms in total. The maximum absolute atomic E-state index is 13.4. The molecule has 2 N–H and O–H groups in total. The first-order valence-corrected chi connectivity index (χ1v) is 11.2. The van der Waals surface area contributed by atoms with Crippen LogP contribution in [0.5, 0.6) is 11.5 Å². The molecule has 37 heavy (non-hydrogen) atoms. The van der Waals surface area contributed by atoms with Crippen molar-refractivity contribution in [1.82, 2.24) is 10.6 Å². The summed E-state index contributed by atoms with van der Waals surface area (Å²) in [5, 5.41) is 23.9. The van der Waals surface area contributed by atoms with Crippen molar-refractivity contribution >= 4 is 12.0 Å². The van der Waals surface area contributed by atoms with Crippen LogP contribution < -0.4 is 20.1 Å². The van der Waals surface area contributed by atoms with Crippen molar-refractivity contribution in [2.45, 2.75) is 12.6 Å². The molecule has 3 aromatic carbocycles. The summed E-state index contributed by atoms with van der Waals surface area (Å²) >= 11 is 0. The van der Waals surface area contributed by atoms with E-state index in [1.165, 1.54) is 7.11 Å². The lowest BCUT2D eigenvalue weighted by Crippen LogP contribution is -2.47. The van der Waals surface area contributed by atoms with Crippen LogP contribution in [0.4, 0.5) is 4.79 Å². The predicted octanol–water partition coefficient (Wildman–Crippen LogP) is 3.87. The number of rotatable bonds is 8. The third kappa shape index (κ3) is 5.87. The number of urea groups is 1. The third-order valence-corrected chi connectivity index (χ3v) is 5.59. The Bertz CT molecular complexity index is 1450. The molecule has 1 aliphatic rings. The largest absolute Gasteiger partial charge is 0.493 e. The maximum atomic E-state index is 13.4. The van der Waals surface area contributed by atoms with Crippen molar-refractivity contribution in [1.29, 1.82) is 10.5 Å². The molecule has 4 rings (SSSR count). The van der Waals surface area contributed by atoms with Gasteiger partial charge in [-0.1, -0.05) is 36.4 Å². The zero-order valence-electron chi connectivity index (χ0n) is 19.9. The molecule has 2 amide bonds. The first-order chi connectivity index (χ1) is 18.0. The van der Waals surface area contributed by atoms with Crippen molar-refractivity contribution < 1.29 is 23.8 Å². The SMILES string of the molecule is COc1ccccc1OCC1=C(C(=O)OCc2cccc(C#N)c2)C(c2cccc(C#N)c2)NC(=O)N1. The molecular weight excluding hydrogens is 472 g/mol. The molecule has 1 unspecified atom stereocenters. The number of carbonyl (C=O) groups excluding carboxylic acids is 2. The van der Waals surface area contributed by atoms with Crippen LogP contribution in [0, 0.1) is 22.7 Å². The van der Waals surface area contributed by atoms with Crippen LogP contribution in [0.15, 0.2) is 84.1 Å². The molecule has 0 saturated heterocycles. The van der Waals surface area contributed by atoms with Crippen LogP contribution in [0.25, 0.3) is 0 Å². The predicted molar refractivity (Wildman–Crippen MR) is 132 cm³/mol. The first-order valence-electron chi connectivity index (χ1n) is 11.2. The highest BCUT2D eigenvalue weighted by atomic mass is 16.5. The lowest BCUT2D eigenvalue weighted by Gasteiger charge is -2.29. The number of nitriles is 2. The lowest BCUT2D eigenvalue weighted by molar-refractivity contribution is -0.140. The van der Waals surface area contributed by atoms with Crippen LogP contribution in [0.3, 0.4) is 0 Å². The zero-order valence-corrected chi connectivity index (χ0v) is 19.9. The fraction of sp³-hybridized carbons (Fsp3) is 0.143. The van der Waals surface area contributed by atoms with Gasteiger partial charge < -0.3 is 24.8 Å². The molecule has 0 aliphatic carbocycles. The lowest BCUT2D eigenvalue weighted by atomic mass is 9.94. The van der Waals surface area contributed by atoms with Gasteiger partial charge in [0, 0.05) is 0 Å². The molecule has 184 valence electrons. The van der Waals surface area contributed by atoms with E-state index in [4.69, 9.17) is 19.5 Å². The second kappa shape index (κ2) is 11.4. The van der Waals surface area contributed by atoms with Gasteiger partial charge >= 0.3 is 12.0 Å². The fourth-order valence-corrected chi connectivity index (χ4v) is 3.86. The number of carbonyl (C=O) groups is 2. The van der Waals surface area contributed by atoms with Crippen molar-refractivity contribution in [2.24, 2.45) is 0 Å². The second-order valence-electron chi connectivity index (χ2n) is 7.99. The number of nitrogens with zero attached hydrogens (tertiary/aromatic N) is 2. The molecule has 1 atom stereocenters. The second-order valence-corrected chi connectivity index (χ2v) is 7.99. The highest BCUT2D eigenvalue weighted by molar-refractivity contribution is 5.95. The molecule has 1 aliphatic heterocycles. The molecule has 0 radical (unpaired) electrons. The maximum Gasteiger partial charge on any atom is 0.338 e. The van der Waals surface area contributed by atoms with E-state index in [2.05, 4.69) is 22.8 Å². The van der Waals surface area contributed by atoms with E-state index in [0.717, 1.165) is 0 Å². The van der Waals surface area contributed by atoms with Crippen LogP contribution in [0.1, 0.15) is 28.3 Å². The van der Waals surface area contributed by atoms with Crippen molar-refractivity contribution in [2.75, 3.05) is 13.7 Å². The van der Waals surface area contributed by atoms with E-state index in [-0.39, 0.29) is 24.5 Å². The third-order valence-electron chi connectivity index (χ3n) is 5.59. The van der Waals surface area contributed by atoms with E-state index < -0.39 is 18.0 Å². The number of hydrogen-bond donors (Lipinski definition) is 2. The number of methoxy groups -OCH3 is 1. The smallest absolute Gasteiger partial charge is 0.338 e. The number of esters is 1. The highest BCUT2D eigenvalue weighted by Crippen LogP contribution is 2.31. The van der Waals surface area contributed by atoms with Gasteiger partial charge in [-0.2, -0.15) is 10.5 Å². The Morgan fingerprint density at radius 1 is 0.919 bits per heavy atom. The number of benzene rings is 3. The van der Waals surface area contributed by atoms with E-state index in [1.54, 1.807) is 72.8 Å². The van der Waals surface area contributed by atoms with Gasteiger partial charge in [-0.05, 0) is 47.5 Å². The molecule has 0 spiro atoms. The van der Waals surface area contributed by atoms with Crippen molar-refractivity contribution in [3.8, 4) is 23.6 Å². The number of amides is 2. The summed E-state index contributed by atoms with van der Waals surface area (Å²) < 4.78 is 16.8. The summed E-state index contributed by atoms with van der Waals surface area (Å²) in [6.45, 7) is -0.242. The summed E-state index contributed by atoms with van der Waals surface area (Å²) in [5.74, 6) is 0.221. The number of para-hydroxylation sites is 2. The van der Waals surface area contributed by atoms with Gasteiger partial charge in [0.15, 0.2) is 11.5 Å². The molecular formula is C28H22N4O5. The molecule has 9 heteroatoms. The fourth-order valence-electron chi connectivity index (χ4n) is 3.86. The molecule has 0 bridgehead atoms. The minimum atomic E-state index is -0.892. The first kappa shape index (κ1) is 24.8. The van der Waals surface area contributed by atoms with Gasteiger partial charge in [-0.3, -0.25) is 0 Å². The van der Waals surface area contributed by atoms with Gasteiger partial charge in [0.1, 0.15) is 13.2 Å². The Hall–Kier alpha value is -5.28. The summed E-state index contributed by atoms with van der Waals surface area (Å²) in [4.78, 5) is 26.0. The van der Waals surface area contributed by atoms with E-state index >= 15 is 0 Å². The average Bonchev–Trinajstić information content (AvgIpc) is 2.94. The standard InChI is InChI=1S/C28H22N4O5/c1-35-23-10-2-3-11-24(23)36-17-22-25(27(33)37-16-20-8-4-6-18(12-20)14-29)26(32-28(34)31-22)21-9-5-7-19(13-21)15-30/h2-13,26H,16-17H2,1H3,(H2,31,32,34). The summed E-state index contributed by atoms with van der Waals surface area (Å²) in [6.07, 6.45) is 0. The van der Waals surface area contributed by atoms with E-state index in [0.29, 0.717) is 33.8 Å². The van der Waals surface area contributed by atoms with E-state index in [1.807, 2.05) is 0 Å². The molecule has 0 aromatic heterocycles. The normalized spacial score (nSPS) is 14.5. The van der Waals surface area contributed by atoms with Gasteiger partial charge in [-0.25, -0.2) is 9.59 Å². The minimum Gasteiger partial charge on any atom is -0.493 e. The van der Waals surface area contributed by atoms with E-state index in [9.17, 15) is 14.9 Å². The zero-order chi connectivity index (χ0) is 26.2. The highest BCUT2D eigenvalue weighted by Gasteiger charge is 2.34. The summed E-state index contributed by atoms with van der Waals surface area (Å²) in [7, 11) is 1.51. The number of hydrogen-bond acceptors (Lipinski definition) is 7. The Morgan fingerprint density at radius 3 is 2.35 bits per heavy atom. The number of nitrogens with one attached hydrogen (secondary N) is 2. The number of ether oxygens (including phenoxy) is 3. The van der Waals surface area contributed by atoms with Crippen LogP contribution in [0.2, 0.25) is 0 Å². The van der Waals surface area contributed by atoms with Crippen LogP contribution in [-0.2, 0) is 16.1 Å². The molecule has 0 fully saturated rings. The monoisotopic (exact) mass is 494 g/mol. The van der Waals surface area contributed by atoms with Crippen molar-refractivity contribution in [3.63, 3.8) is 0 Å². The molecule has 3 aromatic rings. The Morgan fingerprint density at radius 2 is 1.62 bits per heavy atom. The van der Waals surface area contributed by atoms with Gasteiger partial charge in [-0.15, -0.1) is 0 Å². The Kier molecular flexibility index (Phi) is 7.67. The van der Waals surface area contributed by atoms with Gasteiger partial charge in [0.25, 0.3) is 0 Å². The summed E-state index contributed by atoms with van der Waals surface area (Å²) in [6, 6.07) is 23.0.